The van der Waals surface area contributed by atoms with Crippen molar-refractivity contribution in [3.63, 3.8) is 0 Å². The van der Waals surface area contributed by atoms with Crippen molar-refractivity contribution < 1.29 is 14.3 Å². The molecule has 6 heteroatoms. The van der Waals surface area contributed by atoms with Crippen LogP contribution in [0.15, 0.2) is 30.3 Å². The second-order valence-electron chi connectivity index (χ2n) is 5.75. The molecular weight excluding hydrogens is 294 g/mol. The number of benzene rings is 1. The Hall–Kier alpha value is -2.63. The van der Waals surface area contributed by atoms with Gasteiger partial charge in [0.15, 0.2) is 0 Å². The maximum Gasteiger partial charge on any atom is 0.321 e. The SMILES string of the molecule is COc1ccc2cc(NC(=O)N3CCC(=O)[C@H](C)C3)ccc2n1. The van der Waals surface area contributed by atoms with Crippen LogP contribution < -0.4 is 10.1 Å². The summed E-state index contributed by atoms with van der Waals surface area (Å²) < 4.78 is 5.10. The Labute approximate surface area is 134 Å². The van der Waals surface area contributed by atoms with E-state index in [0.29, 0.717) is 31.1 Å². The monoisotopic (exact) mass is 313 g/mol. The maximum absolute atomic E-state index is 12.3. The lowest BCUT2D eigenvalue weighted by Crippen LogP contribution is -2.45. The van der Waals surface area contributed by atoms with Crippen molar-refractivity contribution >= 4 is 28.4 Å². The fourth-order valence-corrected chi connectivity index (χ4v) is 2.70. The summed E-state index contributed by atoms with van der Waals surface area (Å²) in [6.07, 6.45) is 0.427. The van der Waals surface area contributed by atoms with Gasteiger partial charge in [-0.15, -0.1) is 0 Å². The largest absolute Gasteiger partial charge is 0.481 e. The van der Waals surface area contributed by atoms with Gasteiger partial charge >= 0.3 is 6.03 Å². The predicted octanol–water partition coefficient (Wildman–Crippen LogP) is 2.69. The van der Waals surface area contributed by atoms with Gasteiger partial charge in [-0.25, -0.2) is 9.78 Å². The van der Waals surface area contributed by atoms with Crippen molar-refractivity contribution in [3.8, 4) is 5.88 Å². The number of urea groups is 1. The van der Waals surface area contributed by atoms with Crippen molar-refractivity contribution in [1.82, 2.24) is 9.88 Å². The third-order valence-corrected chi connectivity index (χ3v) is 4.08. The van der Waals surface area contributed by atoms with Gasteiger partial charge in [-0.2, -0.15) is 0 Å². The fourth-order valence-electron chi connectivity index (χ4n) is 2.70. The average Bonchev–Trinajstić information content (AvgIpc) is 2.56. The van der Waals surface area contributed by atoms with Gasteiger partial charge in [-0.1, -0.05) is 6.92 Å². The van der Waals surface area contributed by atoms with Crippen LogP contribution in [0.4, 0.5) is 10.5 Å². The molecule has 0 spiro atoms. The number of ketones is 1. The molecule has 3 rings (SSSR count). The summed E-state index contributed by atoms with van der Waals surface area (Å²) in [5.41, 5.74) is 1.51. The molecular formula is C17H19N3O3. The fraction of sp³-hybridized carbons (Fsp3) is 0.353. The summed E-state index contributed by atoms with van der Waals surface area (Å²) in [7, 11) is 1.58. The lowest BCUT2D eigenvalue weighted by Gasteiger charge is -2.30. The lowest BCUT2D eigenvalue weighted by atomic mass is 9.99. The Morgan fingerprint density at radius 2 is 2.17 bits per heavy atom. The second kappa shape index (κ2) is 6.24. The van der Waals surface area contributed by atoms with E-state index in [1.807, 2.05) is 31.2 Å². The molecule has 23 heavy (non-hydrogen) atoms. The van der Waals surface area contributed by atoms with Gasteiger partial charge in [-0.05, 0) is 24.3 Å². The normalized spacial score (nSPS) is 18.1. The number of nitrogens with zero attached hydrogens (tertiary/aromatic N) is 2. The first kappa shape index (κ1) is 15.3. The highest BCUT2D eigenvalue weighted by atomic mass is 16.5. The van der Waals surface area contributed by atoms with E-state index in [2.05, 4.69) is 10.3 Å². The Bertz CT molecular complexity index is 760. The number of carbonyl (C=O) groups is 2. The van der Waals surface area contributed by atoms with Gasteiger partial charge in [0, 0.05) is 42.6 Å². The number of hydrogen-bond donors (Lipinski definition) is 1. The summed E-state index contributed by atoms with van der Waals surface area (Å²) in [4.78, 5) is 29.9. The van der Waals surface area contributed by atoms with Gasteiger partial charge in [-0.3, -0.25) is 4.79 Å². The predicted molar refractivity (Wildman–Crippen MR) is 87.7 cm³/mol. The summed E-state index contributed by atoms with van der Waals surface area (Å²) in [6.45, 7) is 2.80. The van der Waals surface area contributed by atoms with Crippen molar-refractivity contribution in [3.05, 3.63) is 30.3 Å². The highest BCUT2D eigenvalue weighted by molar-refractivity contribution is 5.94. The van der Waals surface area contributed by atoms with Gasteiger partial charge in [0.1, 0.15) is 5.78 Å². The van der Waals surface area contributed by atoms with E-state index in [-0.39, 0.29) is 17.7 Å². The summed E-state index contributed by atoms with van der Waals surface area (Å²) in [5.74, 6) is 0.684. The number of aromatic nitrogens is 1. The minimum atomic E-state index is -0.176. The molecule has 0 radical (unpaired) electrons. The molecule has 0 bridgehead atoms. The molecule has 1 N–H and O–H groups in total. The summed E-state index contributed by atoms with van der Waals surface area (Å²) >= 11 is 0. The molecule has 1 saturated heterocycles. The number of pyridine rings is 1. The zero-order valence-corrected chi connectivity index (χ0v) is 13.2. The van der Waals surface area contributed by atoms with Crippen molar-refractivity contribution in [2.45, 2.75) is 13.3 Å². The number of amides is 2. The smallest absolute Gasteiger partial charge is 0.321 e. The van der Waals surface area contributed by atoms with E-state index in [4.69, 9.17) is 4.74 Å². The number of hydrogen-bond acceptors (Lipinski definition) is 4. The molecule has 1 aliphatic rings. The first-order chi connectivity index (χ1) is 11.1. The highest BCUT2D eigenvalue weighted by Gasteiger charge is 2.26. The minimum absolute atomic E-state index is 0.0947. The van der Waals surface area contributed by atoms with Crippen LogP contribution in [-0.2, 0) is 4.79 Å². The maximum atomic E-state index is 12.3. The van der Waals surface area contributed by atoms with Gasteiger partial charge in [0.05, 0.1) is 12.6 Å². The summed E-state index contributed by atoms with van der Waals surface area (Å²) in [6, 6.07) is 9.04. The van der Waals surface area contributed by atoms with Gasteiger partial charge in [0.25, 0.3) is 0 Å². The Morgan fingerprint density at radius 3 is 2.91 bits per heavy atom. The molecule has 1 aromatic heterocycles. The highest BCUT2D eigenvalue weighted by Crippen LogP contribution is 2.21. The third-order valence-electron chi connectivity index (χ3n) is 4.08. The van der Waals surface area contributed by atoms with Gasteiger partial charge < -0.3 is 15.0 Å². The molecule has 2 amide bonds. The van der Waals surface area contributed by atoms with Gasteiger partial charge in [0.2, 0.25) is 5.88 Å². The van der Waals surface area contributed by atoms with Crippen LogP contribution in [0, 0.1) is 5.92 Å². The van der Waals surface area contributed by atoms with Crippen molar-refractivity contribution in [2.24, 2.45) is 5.92 Å². The number of fused-ring (bicyclic) bond motifs is 1. The molecule has 2 aromatic rings. The van der Waals surface area contributed by atoms with Crippen LogP contribution in [0.5, 0.6) is 5.88 Å². The molecule has 0 unspecified atom stereocenters. The quantitative estimate of drug-likeness (QED) is 0.925. The zero-order valence-electron chi connectivity index (χ0n) is 13.2. The molecule has 0 saturated carbocycles. The topological polar surface area (TPSA) is 71.5 Å². The van der Waals surface area contributed by atoms with Crippen LogP contribution in [0.1, 0.15) is 13.3 Å². The number of likely N-dealkylation sites (tertiary alicyclic amines) is 1. The molecule has 6 nitrogen and oxygen atoms in total. The van der Waals surface area contributed by atoms with Crippen LogP contribution in [0.2, 0.25) is 0 Å². The Kier molecular flexibility index (Phi) is 4.14. The van der Waals surface area contributed by atoms with E-state index < -0.39 is 0 Å². The Balaban J connectivity index is 1.73. The number of piperidine rings is 1. The number of ether oxygens (including phenoxy) is 1. The Morgan fingerprint density at radius 1 is 1.35 bits per heavy atom. The number of Topliss-reactive ketones (excluding diaryl/α,β-unsaturated/α-hetero) is 1. The zero-order chi connectivity index (χ0) is 16.4. The first-order valence-corrected chi connectivity index (χ1v) is 7.60. The molecule has 0 aliphatic carbocycles. The second-order valence-corrected chi connectivity index (χ2v) is 5.75. The number of methoxy groups -OCH3 is 1. The first-order valence-electron chi connectivity index (χ1n) is 7.60. The van der Waals surface area contributed by atoms with Crippen LogP contribution in [0.3, 0.4) is 0 Å². The van der Waals surface area contributed by atoms with Crippen LogP contribution in [0.25, 0.3) is 10.9 Å². The average molecular weight is 313 g/mol. The summed E-state index contributed by atoms with van der Waals surface area (Å²) in [5, 5.41) is 3.81. The van der Waals surface area contributed by atoms with E-state index in [1.54, 1.807) is 18.1 Å². The molecule has 120 valence electrons. The number of nitrogens with one attached hydrogen (secondary N) is 1. The lowest BCUT2D eigenvalue weighted by molar-refractivity contribution is -0.124. The number of anilines is 1. The number of rotatable bonds is 2. The number of carbonyl (C=O) groups excluding carboxylic acids is 2. The molecule has 2 heterocycles. The van der Waals surface area contributed by atoms with Crippen molar-refractivity contribution in [1.29, 1.82) is 0 Å². The standard InChI is InChI=1S/C17H19N3O3/c1-11-10-20(8-7-15(11)21)17(22)18-13-4-5-14-12(9-13)3-6-16(19-14)23-2/h3-6,9,11H,7-8,10H2,1-2H3,(H,18,22)/t11-/m1/s1. The van der Waals surface area contributed by atoms with Crippen LogP contribution >= 0.6 is 0 Å². The molecule has 1 atom stereocenters. The van der Waals surface area contributed by atoms with E-state index in [0.717, 1.165) is 10.9 Å². The van der Waals surface area contributed by atoms with Crippen molar-refractivity contribution in [2.75, 3.05) is 25.5 Å². The van der Waals surface area contributed by atoms with E-state index in [9.17, 15) is 9.59 Å². The van der Waals surface area contributed by atoms with Crippen LogP contribution in [-0.4, -0.2) is 41.9 Å². The van der Waals surface area contributed by atoms with E-state index in [1.165, 1.54) is 0 Å². The molecule has 1 aromatic carbocycles. The third kappa shape index (κ3) is 3.26. The molecule has 1 fully saturated rings. The minimum Gasteiger partial charge on any atom is -0.481 e. The molecule has 1 aliphatic heterocycles. The van der Waals surface area contributed by atoms with E-state index >= 15 is 0 Å².